The molecule has 0 atom stereocenters. The van der Waals surface area contributed by atoms with Crippen molar-refractivity contribution < 1.29 is 18.1 Å². The summed E-state index contributed by atoms with van der Waals surface area (Å²) in [5.41, 5.74) is -0.550. The van der Waals surface area contributed by atoms with E-state index in [1.807, 2.05) is 0 Å². The molecule has 1 aliphatic rings. The number of hydrogen-bond acceptors (Lipinski definition) is 4. The third kappa shape index (κ3) is 3.04. The van der Waals surface area contributed by atoms with E-state index in [0.29, 0.717) is 55.5 Å². The lowest BCUT2D eigenvalue weighted by atomic mass is 9.74. The molecule has 0 aliphatic heterocycles. The minimum absolute atomic E-state index is 0.201. The average molecular weight is 228 g/mol. The lowest BCUT2D eigenvalue weighted by Crippen LogP contribution is -2.40. The quantitative estimate of drug-likeness (QED) is 0.511. The predicted molar refractivity (Wildman–Crippen MR) is 57.0 cm³/mol. The Morgan fingerprint density at radius 1 is 1.47 bits per heavy atom. The highest BCUT2D eigenvalue weighted by Gasteiger charge is 2.42. The second-order valence-corrected chi connectivity index (χ2v) is 4.55. The number of Topliss-reactive ketones (excluding diaryl/α,β-unsaturated/α-hetero) is 1. The lowest BCUT2D eigenvalue weighted by molar-refractivity contribution is -0.160. The summed E-state index contributed by atoms with van der Waals surface area (Å²) in [6, 6.07) is 0. The minimum Gasteiger partial charge on any atom is -0.505 e. The monoisotopic (exact) mass is 228 g/mol. The van der Waals surface area contributed by atoms with Crippen molar-refractivity contribution in [2.24, 2.45) is 5.41 Å². The van der Waals surface area contributed by atoms with Crippen LogP contribution >= 0.6 is 0 Å². The van der Waals surface area contributed by atoms with Gasteiger partial charge in [0.25, 0.3) is 0 Å². The normalized spacial score (nSPS) is 19.9. The molecule has 0 heterocycles. The molecule has 0 spiro atoms. The van der Waals surface area contributed by atoms with Crippen molar-refractivity contribution in [3.63, 3.8) is 0 Å². The van der Waals surface area contributed by atoms with Crippen LogP contribution in [0.4, 0.5) is 0 Å². The zero-order chi connectivity index (χ0) is 11.3. The third-order valence-corrected chi connectivity index (χ3v) is 3.18. The molecule has 0 radical (unpaired) electrons. The minimum atomic E-state index is -0.550. The second kappa shape index (κ2) is 5.64. The van der Waals surface area contributed by atoms with Crippen molar-refractivity contribution in [3.8, 4) is 0 Å². The van der Waals surface area contributed by atoms with Crippen LogP contribution in [-0.2, 0) is 18.1 Å². The van der Waals surface area contributed by atoms with Gasteiger partial charge in [0.2, 0.25) is 0 Å². The molecular weight excluding hydrogens is 211 g/mol. The number of carbonyl (C=O) groups is 2. The van der Waals surface area contributed by atoms with Crippen LogP contribution in [0.15, 0.2) is 0 Å². The van der Waals surface area contributed by atoms with E-state index >= 15 is 0 Å². The Hall–Kier alpha value is -0.368. The smallest absolute Gasteiger partial charge is 0.410 e. The molecule has 1 fully saturated rings. The summed E-state index contributed by atoms with van der Waals surface area (Å²) in [4.78, 5) is 23.0. The van der Waals surface area contributed by atoms with Gasteiger partial charge in [-0.3, -0.25) is 9.59 Å². The Balaban J connectivity index is 2.69. The highest BCUT2D eigenvalue weighted by molar-refractivity contribution is 5.98. The highest BCUT2D eigenvalue weighted by Crippen LogP contribution is 2.36. The Morgan fingerprint density at radius 3 is 2.53 bits per heavy atom. The third-order valence-electron chi connectivity index (χ3n) is 2.89. The first kappa shape index (κ1) is 12.7. The molecule has 0 aromatic heterocycles. The molecule has 4 nitrogen and oxygen atoms in total. The van der Waals surface area contributed by atoms with Crippen LogP contribution in [0.3, 0.4) is 0 Å². The number of rotatable bonds is 4. The maximum Gasteiger partial charge on any atom is 0.410 e. The summed E-state index contributed by atoms with van der Waals surface area (Å²) < 4.78 is 10.3. The van der Waals surface area contributed by atoms with Crippen LogP contribution < -0.4 is 0 Å². The van der Waals surface area contributed by atoms with Crippen LogP contribution in [0.25, 0.3) is 0 Å². The van der Waals surface area contributed by atoms with Gasteiger partial charge in [-0.1, -0.05) is 0 Å². The first-order valence-corrected chi connectivity index (χ1v) is 6.14. The average Bonchev–Trinajstić information content (AvgIpc) is 2.22. The molecule has 0 N–H and O–H groups in total. The molecule has 0 unspecified atom stereocenters. The van der Waals surface area contributed by atoms with Gasteiger partial charge in [0.05, 0.1) is 12.0 Å². The van der Waals surface area contributed by atoms with Crippen molar-refractivity contribution >= 4 is 28.4 Å². The largest absolute Gasteiger partial charge is 0.505 e. The van der Waals surface area contributed by atoms with Crippen molar-refractivity contribution in [3.05, 3.63) is 0 Å². The Morgan fingerprint density at radius 2 is 2.07 bits per heavy atom. The zero-order valence-electron chi connectivity index (χ0n) is 9.38. The summed E-state index contributed by atoms with van der Waals surface area (Å²) in [6.45, 7) is 2.59. The van der Waals surface area contributed by atoms with E-state index in [4.69, 9.17) is 8.53 Å². The summed E-state index contributed by atoms with van der Waals surface area (Å²) in [6.07, 6.45) is 2.10. The van der Waals surface area contributed by atoms with E-state index in [-0.39, 0.29) is 11.8 Å². The molecule has 1 rings (SSSR count). The van der Waals surface area contributed by atoms with Gasteiger partial charge in [-0.05, 0) is 19.8 Å². The van der Waals surface area contributed by atoms with Gasteiger partial charge in [-0.2, -0.15) is 0 Å². The van der Waals surface area contributed by atoms with Gasteiger partial charge in [0, 0.05) is 19.4 Å². The van der Waals surface area contributed by atoms with Gasteiger partial charge in [0.1, 0.15) is 5.78 Å². The van der Waals surface area contributed by atoms with E-state index in [1.165, 1.54) is 0 Å². The molecule has 15 heavy (non-hydrogen) atoms. The van der Waals surface area contributed by atoms with Gasteiger partial charge in [0.15, 0.2) is 0 Å². The molecule has 84 valence electrons. The standard InChI is InChI=1S/C10H15O4.Al.2H/c1-2-14-9(13)10(7-11)5-3-8(12)4-6-10;;;/h2-7H2,1H3;;;/q-1;+1;;. The fourth-order valence-electron chi connectivity index (χ4n) is 1.98. The van der Waals surface area contributed by atoms with Gasteiger partial charge in [-0.25, -0.2) is 0 Å². The van der Waals surface area contributed by atoms with Crippen molar-refractivity contribution in [2.75, 3.05) is 13.2 Å². The van der Waals surface area contributed by atoms with E-state index in [9.17, 15) is 9.59 Å². The van der Waals surface area contributed by atoms with Gasteiger partial charge < -0.3 is 8.53 Å². The number of ketones is 1. The maximum absolute atomic E-state index is 11.8. The molecule has 1 saturated carbocycles. The van der Waals surface area contributed by atoms with Crippen molar-refractivity contribution in [1.29, 1.82) is 0 Å². The predicted octanol–water partition coefficient (Wildman–Crippen LogP) is 0.244. The number of ether oxygens (including phenoxy) is 1. The lowest BCUT2D eigenvalue weighted by Gasteiger charge is -2.34. The first-order chi connectivity index (χ1) is 7.14. The van der Waals surface area contributed by atoms with Crippen molar-refractivity contribution in [2.45, 2.75) is 32.6 Å². The second-order valence-electron chi connectivity index (χ2n) is 3.97. The Labute approximate surface area is 98.1 Å². The topological polar surface area (TPSA) is 52.6 Å². The molecule has 1 aliphatic carbocycles. The molecule has 0 aromatic rings. The van der Waals surface area contributed by atoms with Crippen LogP contribution in [0.5, 0.6) is 0 Å². The summed E-state index contributed by atoms with van der Waals surface area (Å²) in [5.74, 6) is 0.0385. The van der Waals surface area contributed by atoms with Crippen LogP contribution in [0.1, 0.15) is 32.6 Å². The fourth-order valence-corrected chi connectivity index (χ4v) is 2.53. The van der Waals surface area contributed by atoms with E-state index in [1.54, 1.807) is 6.92 Å². The van der Waals surface area contributed by atoms with Crippen molar-refractivity contribution in [1.82, 2.24) is 0 Å². The van der Waals surface area contributed by atoms with E-state index in [0.717, 1.165) is 0 Å². The van der Waals surface area contributed by atoms with Gasteiger partial charge >= 0.3 is 22.6 Å². The number of hydrogen-bond donors (Lipinski definition) is 0. The van der Waals surface area contributed by atoms with E-state index < -0.39 is 5.41 Å². The molecule has 0 saturated heterocycles. The SMILES string of the molecule is CCOC(=O)C1(C[O][AlH2])CCC(=O)CC1. The Kier molecular flexibility index (Phi) is 4.78. The number of esters is 1. The zero-order valence-corrected chi connectivity index (χ0v) is 11.4. The molecule has 0 bridgehead atoms. The van der Waals surface area contributed by atoms with Crippen LogP contribution in [0.2, 0.25) is 0 Å². The molecule has 0 aromatic carbocycles. The van der Waals surface area contributed by atoms with Gasteiger partial charge in [-0.15, -0.1) is 0 Å². The molecular formula is C10H17AlO4. The fraction of sp³-hybridized carbons (Fsp3) is 0.800. The summed E-state index contributed by atoms with van der Waals surface area (Å²) in [5, 5.41) is 0. The summed E-state index contributed by atoms with van der Waals surface area (Å²) >= 11 is 0.608. The maximum atomic E-state index is 11.8. The van der Waals surface area contributed by atoms with Crippen LogP contribution in [0, 0.1) is 5.41 Å². The number of carbonyl (C=O) groups excluding carboxylic acids is 2. The van der Waals surface area contributed by atoms with E-state index in [2.05, 4.69) is 0 Å². The highest BCUT2D eigenvalue weighted by atomic mass is 27.1. The Bertz CT molecular complexity index is 242. The first-order valence-electron chi connectivity index (χ1n) is 5.32. The molecule has 5 heteroatoms. The molecule has 0 amide bonds. The van der Waals surface area contributed by atoms with Crippen LogP contribution in [-0.4, -0.2) is 41.6 Å². The summed E-state index contributed by atoms with van der Waals surface area (Å²) in [7, 11) is 0.